The first-order valence-electron chi connectivity index (χ1n) is 8.95. The second kappa shape index (κ2) is 6.29. The number of nitrogens with one attached hydrogen (secondary N) is 1. The predicted octanol–water partition coefficient (Wildman–Crippen LogP) is 1.73. The van der Waals surface area contributed by atoms with E-state index >= 15 is 0 Å². The van der Waals surface area contributed by atoms with Gasteiger partial charge in [0.05, 0.1) is 24.3 Å². The molecule has 2 aliphatic rings. The second-order valence-electron chi connectivity index (χ2n) is 7.29. The van der Waals surface area contributed by atoms with Gasteiger partial charge in [0, 0.05) is 18.1 Å². The molecule has 0 saturated carbocycles. The summed E-state index contributed by atoms with van der Waals surface area (Å²) in [6.45, 7) is 6.90. The van der Waals surface area contributed by atoms with Crippen molar-refractivity contribution in [3.05, 3.63) is 29.5 Å². The van der Waals surface area contributed by atoms with E-state index < -0.39 is 5.91 Å². The van der Waals surface area contributed by atoms with Crippen molar-refractivity contribution in [3.63, 3.8) is 0 Å². The molecule has 2 amide bonds. The van der Waals surface area contributed by atoms with Crippen LogP contribution in [0.15, 0.2) is 18.3 Å². The fraction of sp³-hybridized carbons (Fsp3) is 0.421. The molecular weight excluding hydrogens is 348 g/mol. The minimum absolute atomic E-state index is 0.0491. The lowest BCUT2D eigenvalue weighted by atomic mass is 10.0. The van der Waals surface area contributed by atoms with Crippen LogP contribution in [0.1, 0.15) is 29.8 Å². The van der Waals surface area contributed by atoms with E-state index in [2.05, 4.69) is 15.2 Å². The van der Waals surface area contributed by atoms with Crippen LogP contribution in [0.2, 0.25) is 0 Å². The highest BCUT2D eigenvalue weighted by Gasteiger charge is 2.42. The number of primary amides is 1. The highest BCUT2D eigenvalue weighted by molar-refractivity contribution is 6.04. The van der Waals surface area contributed by atoms with E-state index in [0.29, 0.717) is 24.4 Å². The van der Waals surface area contributed by atoms with E-state index in [1.54, 1.807) is 12.3 Å². The average Bonchev–Trinajstić information content (AvgIpc) is 3.11. The fourth-order valence-corrected chi connectivity index (χ4v) is 3.71. The van der Waals surface area contributed by atoms with Crippen LogP contribution in [-0.4, -0.2) is 48.3 Å². The number of hydrogen-bond donors (Lipinski definition) is 2. The molecule has 2 saturated heterocycles. The summed E-state index contributed by atoms with van der Waals surface area (Å²) in [7, 11) is 0. The predicted molar refractivity (Wildman–Crippen MR) is 100 cm³/mol. The molecule has 0 unspecified atom stereocenters. The summed E-state index contributed by atoms with van der Waals surface area (Å²) in [5.41, 5.74) is 6.86. The Labute approximate surface area is 156 Å². The molecule has 1 aromatic heterocycles. The summed E-state index contributed by atoms with van der Waals surface area (Å²) < 4.78 is 11.1. The number of ether oxygens (including phenoxy) is 2. The van der Waals surface area contributed by atoms with Crippen molar-refractivity contribution in [1.29, 1.82) is 0 Å². The first-order valence-corrected chi connectivity index (χ1v) is 8.95. The van der Waals surface area contributed by atoms with Gasteiger partial charge in [0.15, 0.2) is 0 Å². The topological polar surface area (TPSA) is 107 Å². The Balaban J connectivity index is 1.81. The van der Waals surface area contributed by atoms with Gasteiger partial charge in [-0.1, -0.05) is 0 Å². The minimum atomic E-state index is -0.530. The zero-order chi connectivity index (χ0) is 19.3. The van der Waals surface area contributed by atoms with Gasteiger partial charge in [-0.25, -0.2) is 9.78 Å². The lowest BCUT2D eigenvalue weighted by Gasteiger charge is -2.22. The van der Waals surface area contributed by atoms with Gasteiger partial charge in [0.1, 0.15) is 17.7 Å². The van der Waals surface area contributed by atoms with Crippen molar-refractivity contribution < 1.29 is 19.1 Å². The zero-order valence-electron chi connectivity index (χ0n) is 15.5. The quantitative estimate of drug-likeness (QED) is 0.849. The van der Waals surface area contributed by atoms with Gasteiger partial charge >= 0.3 is 6.09 Å². The van der Waals surface area contributed by atoms with Crippen LogP contribution in [0.3, 0.4) is 0 Å². The number of nitrogens with zero attached hydrogens (tertiary/aromatic N) is 2. The van der Waals surface area contributed by atoms with Crippen LogP contribution in [0.25, 0.3) is 10.8 Å². The number of carbonyl (C=O) groups is 2. The maximum atomic E-state index is 11.9. The molecule has 3 N–H and O–H groups in total. The Morgan fingerprint density at radius 3 is 2.81 bits per heavy atom. The number of aryl methyl sites for hydroxylation is 1. The van der Waals surface area contributed by atoms with Crippen LogP contribution in [0.4, 0.5) is 10.6 Å². The van der Waals surface area contributed by atoms with Gasteiger partial charge in [-0.05, 0) is 43.9 Å². The highest BCUT2D eigenvalue weighted by atomic mass is 16.6. The van der Waals surface area contributed by atoms with E-state index in [-0.39, 0.29) is 24.3 Å². The molecule has 0 aliphatic carbocycles. The molecule has 0 spiro atoms. The number of alkyl carbamates (subject to hydrolysis) is 1. The number of rotatable bonds is 4. The molecule has 8 nitrogen and oxygen atoms in total. The summed E-state index contributed by atoms with van der Waals surface area (Å²) in [5.74, 6) is 0.687. The molecule has 8 heteroatoms. The van der Waals surface area contributed by atoms with Crippen LogP contribution in [-0.2, 0) is 4.74 Å². The molecule has 2 atom stereocenters. The molecule has 2 fully saturated rings. The lowest BCUT2D eigenvalue weighted by molar-refractivity contribution is 0.0994. The highest BCUT2D eigenvalue weighted by Crippen LogP contribution is 2.35. The number of fused-ring (bicyclic) bond motifs is 2. The molecule has 3 heterocycles. The Kier molecular flexibility index (Phi) is 4.05. The third-order valence-electron chi connectivity index (χ3n) is 4.92. The van der Waals surface area contributed by atoms with Crippen LogP contribution in [0, 0.1) is 6.92 Å². The third-order valence-corrected chi connectivity index (χ3v) is 4.92. The van der Waals surface area contributed by atoms with Crippen molar-refractivity contribution in [2.75, 3.05) is 18.0 Å². The van der Waals surface area contributed by atoms with E-state index in [0.717, 1.165) is 22.2 Å². The van der Waals surface area contributed by atoms with Gasteiger partial charge < -0.3 is 25.4 Å². The molecule has 2 aliphatic heterocycles. The SMILES string of the molecule is Cc1cnc(N2C[C@@H]3OC(=O)N[C@@H]3C2)c2cc(OC(C)C)c(C(N)=O)cc12. The van der Waals surface area contributed by atoms with Crippen molar-refractivity contribution in [3.8, 4) is 5.75 Å². The molecule has 1 aromatic carbocycles. The number of hydrogen-bond acceptors (Lipinski definition) is 6. The van der Waals surface area contributed by atoms with Gasteiger partial charge in [-0.15, -0.1) is 0 Å². The normalized spacial score (nSPS) is 21.3. The molecule has 4 rings (SSSR count). The number of carbonyl (C=O) groups excluding carboxylic acids is 2. The van der Waals surface area contributed by atoms with Crippen molar-refractivity contribution >= 4 is 28.6 Å². The maximum Gasteiger partial charge on any atom is 0.407 e. The van der Waals surface area contributed by atoms with Gasteiger partial charge in [0.2, 0.25) is 0 Å². The van der Waals surface area contributed by atoms with Crippen molar-refractivity contribution in [2.24, 2.45) is 5.73 Å². The Hall–Kier alpha value is -3.03. The van der Waals surface area contributed by atoms with Gasteiger partial charge in [-0.3, -0.25) is 4.79 Å². The van der Waals surface area contributed by atoms with Crippen LogP contribution < -0.4 is 20.7 Å². The Morgan fingerprint density at radius 2 is 2.15 bits per heavy atom. The summed E-state index contributed by atoms with van der Waals surface area (Å²) in [5, 5.41) is 4.59. The number of benzene rings is 1. The Morgan fingerprint density at radius 1 is 1.37 bits per heavy atom. The van der Waals surface area contributed by atoms with Crippen LogP contribution >= 0.6 is 0 Å². The number of nitrogens with two attached hydrogens (primary N) is 1. The lowest BCUT2D eigenvalue weighted by Crippen LogP contribution is -2.32. The second-order valence-corrected chi connectivity index (χ2v) is 7.29. The molecule has 0 bridgehead atoms. The standard InChI is InChI=1S/C19H22N4O4/c1-9(2)26-15-5-12-11(4-13(15)17(20)24)10(3)6-21-18(12)23-7-14-16(8-23)27-19(25)22-14/h4-6,9,14,16H,7-8H2,1-3H3,(H2,20,24)(H,22,25)/t14-,16+/m1/s1. The molecule has 27 heavy (non-hydrogen) atoms. The number of pyridine rings is 1. The summed E-state index contributed by atoms with van der Waals surface area (Å²) >= 11 is 0. The molecule has 0 radical (unpaired) electrons. The third kappa shape index (κ3) is 3.01. The van der Waals surface area contributed by atoms with Crippen molar-refractivity contribution in [1.82, 2.24) is 10.3 Å². The van der Waals surface area contributed by atoms with Crippen molar-refractivity contribution in [2.45, 2.75) is 39.0 Å². The Bertz CT molecular complexity index is 927. The average molecular weight is 370 g/mol. The van der Waals surface area contributed by atoms with Gasteiger partial charge in [0.25, 0.3) is 5.91 Å². The summed E-state index contributed by atoms with van der Waals surface area (Å²) in [6, 6.07) is 3.55. The number of aromatic nitrogens is 1. The van der Waals surface area contributed by atoms with Crippen LogP contribution in [0.5, 0.6) is 5.75 Å². The maximum absolute atomic E-state index is 11.9. The molecule has 142 valence electrons. The molecule has 2 aromatic rings. The zero-order valence-corrected chi connectivity index (χ0v) is 15.5. The summed E-state index contributed by atoms with van der Waals surface area (Å²) in [6.07, 6.45) is 1.12. The molecular formula is C19H22N4O4. The van der Waals surface area contributed by atoms with E-state index in [9.17, 15) is 9.59 Å². The fourth-order valence-electron chi connectivity index (χ4n) is 3.71. The largest absolute Gasteiger partial charge is 0.490 e. The first-order chi connectivity index (χ1) is 12.8. The smallest absolute Gasteiger partial charge is 0.407 e. The van der Waals surface area contributed by atoms with Gasteiger partial charge in [-0.2, -0.15) is 0 Å². The first kappa shape index (κ1) is 17.4. The number of amides is 2. The minimum Gasteiger partial charge on any atom is -0.490 e. The van der Waals surface area contributed by atoms with E-state index in [4.69, 9.17) is 15.2 Å². The summed E-state index contributed by atoms with van der Waals surface area (Å²) in [4.78, 5) is 30.0. The van der Waals surface area contributed by atoms with E-state index in [1.807, 2.05) is 26.8 Å². The monoisotopic (exact) mass is 370 g/mol. The number of anilines is 1. The van der Waals surface area contributed by atoms with E-state index in [1.165, 1.54) is 0 Å².